The van der Waals surface area contributed by atoms with Crippen LogP contribution in [0.3, 0.4) is 0 Å². The summed E-state index contributed by atoms with van der Waals surface area (Å²) in [5.74, 6) is -0.505. The molecule has 0 saturated heterocycles. The van der Waals surface area contributed by atoms with Crippen molar-refractivity contribution in [1.82, 2.24) is 5.43 Å². The number of benzene rings is 3. The summed E-state index contributed by atoms with van der Waals surface area (Å²) in [5.41, 5.74) is 4.10. The summed E-state index contributed by atoms with van der Waals surface area (Å²) in [6.45, 7) is 0. The minimum Gasteiger partial charge on any atom is -0.326 e. The second-order valence-electron chi connectivity index (χ2n) is 5.78. The Kier molecular flexibility index (Phi) is 5.72. The molecule has 3 aromatic rings. The van der Waals surface area contributed by atoms with E-state index in [4.69, 9.17) is 0 Å². The summed E-state index contributed by atoms with van der Waals surface area (Å²) in [6, 6.07) is 23.0. The summed E-state index contributed by atoms with van der Waals surface area (Å²) in [7, 11) is 0. The van der Waals surface area contributed by atoms with Crippen LogP contribution in [-0.4, -0.2) is 18.0 Å². The highest BCUT2D eigenvalue weighted by atomic mass is 16.2. The van der Waals surface area contributed by atoms with Gasteiger partial charge in [0.1, 0.15) is 0 Å². The lowest BCUT2D eigenvalue weighted by molar-refractivity contribution is -0.124. The minimum absolute atomic E-state index is 0.0749. The number of fused-ring (bicyclic) bond motifs is 1. The van der Waals surface area contributed by atoms with Crippen molar-refractivity contribution in [3.63, 3.8) is 0 Å². The molecule has 2 amide bonds. The van der Waals surface area contributed by atoms with Crippen LogP contribution in [0.1, 0.15) is 18.4 Å². The van der Waals surface area contributed by atoms with Gasteiger partial charge in [-0.25, -0.2) is 5.43 Å². The Morgan fingerprint density at radius 2 is 1.50 bits per heavy atom. The average Bonchev–Trinajstić information content (AvgIpc) is 2.67. The van der Waals surface area contributed by atoms with Crippen LogP contribution in [0.15, 0.2) is 77.9 Å². The summed E-state index contributed by atoms with van der Waals surface area (Å²) in [6.07, 6.45) is 1.79. The van der Waals surface area contributed by atoms with E-state index in [1.54, 1.807) is 18.3 Å². The zero-order chi connectivity index (χ0) is 18.2. The molecule has 3 aromatic carbocycles. The molecule has 2 N–H and O–H groups in total. The highest BCUT2D eigenvalue weighted by molar-refractivity contribution is 6.00. The van der Waals surface area contributed by atoms with Crippen LogP contribution < -0.4 is 10.7 Å². The first-order valence-corrected chi connectivity index (χ1v) is 8.37. The molecule has 0 heterocycles. The van der Waals surface area contributed by atoms with E-state index >= 15 is 0 Å². The Morgan fingerprint density at radius 1 is 0.808 bits per heavy atom. The van der Waals surface area contributed by atoms with Gasteiger partial charge in [-0.2, -0.15) is 5.10 Å². The number of rotatable bonds is 6. The summed E-state index contributed by atoms with van der Waals surface area (Å²) in [5, 5.41) is 8.92. The van der Waals surface area contributed by atoms with E-state index in [1.807, 2.05) is 60.7 Å². The van der Waals surface area contributed by atoms with E-state index < -0.39 is 0 Å². The van der Waals surface area contributed by atoms with Crippen molar-refractivity contribution in [2.75, 3.05) is 5.32 Å². The molecule has 0 bridgehead atoms. The quantitative estimate of drug-likeness (QED) is 0.528. The lowest BCUT2D eigenvalue weighted by Gasteiger charge is -2.04. The molecule has 0 aromatic heterocycles. The summed E-state index contributed by atoms with van der Waals surface area (Å²) >= 11 is 0. The largest absolute Gasteiger partial charge is 0.326 e. The van der Waals surface area contributed by atoms with Gasteiger partial charge in [-0.3, -0.25) is 9.59 Å². The smallest absolute Gasteiger partial charge is 0.240 e. The number of amides is 2. The zero-order valence-corrected chi connectivity index (χ0v) is 14.2. The average molecular weight is 345 g/mol. The standard InChI is InChI=1S/C21H19N3O2/c25-20(23-18-10-2-1-3-11-18)13-14-21(26)24-22-15-17-9-6-8-16-7-4-5-12-19(16)17/h1-12,15H,13-14H2,(H,23,25)(H,24,26)/b22-15+. The zero-order valence-electron chi connectivity index (χ0n) is 14.2. The fourth-order valence-corrected chi connectivity index (χ4v) is 2.56. The number of carbonyl (C=O) groups excluding carboxylic acids is 2. The lowest BCUT2D eigenvalue weighted by Crippen LogP contribution is -2.20. The second-order valence-corrected chi connectivity index (χ2v) is 5.78. The van der Waals surface area contributed by atoms with Crippen LogP contribution in [0.2, 0.25) is 0 Å². The predicted octanol–water partition coefficient (Wildman–Crippen LogP) is 3.71. The van der Waals surface area contributed by atoms with Gasteiger partial charge >= 0.3 is 0 Å². The molecule has 0 aliphatic carbocycles. The molecule has 0 saturated carbocycles. The SMILES string of the molecule is O=C(CCC(=O)Nc1ccccc1)N/N=C/c1cccc2ccccc12. The van der Waals surface area contributed by atoms with E-state index in [9.17, 15) is 9.59 Å². The van der Waals surface area contributed by atoms with Crippen molar-refractivity contribution in [3.8, 4) is 0 Å². The van der Waals surface area contributed by atoms with E-state index in [-0.39, 0.29) is 24.7 Å². The topological polar surface area (TPSA) is 70.6 Å². The van der Waals surface area contributed by atoms with Crippen molar-refractivity contribution >= 4 is 34.5 Å². The molecule has 26 heavy (non-hydrogen) atoms. The van der Waals surface area contributed by atoms with Crippen LogP contribution >= 0.6 is 0 Å². The number of nitrogens with one attached hydrogen (secondary N) is 2. The number of hydrogen-bond donors (Lipinski definition) is 2. The van der Waals surface area contributed by atoms with Crippen molar-refractivity contribution in [2.24, 2.45) is 5.10 Å². The van der Waals surface area contributed by atoms with Crippen molar-refractivity contribution in [3.05, 3.63) is 78.4 Å². The molecule has 5 nitrogen and oxygen atoms in total. The third kappa shape index (κ3) is 4.77. The Labute approximate surface area is 151 Å². The highest BCUT2D eigenvalue weighted by Gasteiger charge is 2.06. The Morgan fingerprint density at radius 3 is 2.35 bits per heavy atom. The van der Waals surface area contributed by atoms with Crippen LogP contribution in [0.5, 0.6) is 0 Å². The fraction of sp³-hybridized carbons (Fsp3) is 0.0952. The molecule has 0 unspecified atom stereocenters. The van der Waals surface area contributed by atoms with Gasteiger partial charge in [-0.1, -0.05) is 60.7 Å². The number of hydrazone groups is 1. The van der Waals surface area contributed by atoms with Crippen LogP contribution in [-0.2, 0) is 9.59 Å². The van der Waals surface area contributed by atoms with Crippen LogP contribution in [0, 0.1) is 0 Å². The number of nitrogens with zero attached hydrogens (tertiary/aromatic N) is 1. The molecule has 0 atom stereocenters. The molecular weight excluding hydrogens is 326 g/mol. The van der Waals surface area contributed by atoms with Gasteiger partial charge in [-0.05, 0) is 22.9 Å². The third-order valence-corrected chi connectivity index (χ3v) is 3.85. The minimum atomic E-state index is -0.301. The molecule has 0 spiro atoms. The van der Waals surface area contributed by atoms with Gasteiger partial charge in [0, 0.05) is 24.1 Å². The lowest BCUT2D eigenvalue weighted by atomic mass is 10.1. The first-order valence-electron chi connectivity index (χ1n) is 8.37. The molecule has 0 aliphatic heterocycles. The van der Waals surface area contributed by atoms with E-state index in [0.29, 0.717) is 5.69 Å². The maximum atomic E-state index is 11.8. The predicted molar refractivity (Wildman–Crippen MR) is 104 cm³/mol. The van der Waals surface area contributed by atoms with Gasteiger partial charge in [-0.15, -0.1) is 0 Å². The Bertz CT molecular complexity index is 931. The third-order valence-electron chi connectivity index (χ3n) is 3.85. The van der Waals surface area contributed by atoms with Gasteiger partial charge in [0.05, 0.1) is 6.21 Å². The number of anilines is 1. The molecule has 0 aliphatic rings. The molecule has 130 valence electrons. The molecule has 5 heteroatoms. The number of hydrogen-bond acceptors (Lipinski definition) is 3. The molecular formula is C21H19N3O2. The summed E-state index contributed by atoms with van der Waals surface area (Å²) in [4.78, 5) is 23.7. The van der Waals surface area contributed by atoms with Gasteiger partial charge in [0.2, 0.25) is 11.8 Å². The fourth-order valence-electron chi connectivity index (χ4n) is 2.56. The van der Waals surface area contributed by atoms with Gasteiger partial charge < -0.3 is 5.32 Å². The number of para-hydroxylation sites is 1. The first kappa shape index (κ1) is 17.4. The Hall–Kier alpha value is -3.47. The summed E-state index contributed by atoms with van der Waals surface area (Å²) < 4.78 is 0. The normalized spacial score (nSPS) is 10.8. The van der Waals surface area contributed by atoms with E-state index in [2.05, 4.69) is 15.8 Å². The molecule has 0 fully saturated rings. The Balaban J connectivity index is 1.49. The van der Waals surface area contributed by atoms with Crippen molar-refractivity contribution in [1.29, 1.82) is 0 Å². The second kappa shape index (κ2) is 8.58. The van der Waals surface area contributed by atoms with Gasteiger partial charge in [0.25, 0.3) is 0 Å². The van der Waals surface area contributed by atoms with E-state index in [0.717, 1.165) is 16.3 Å². The maximum Gasteiger partial charge on any atom is 0.240 e. The van der Waals surface area contributed by atoms with Gasteiger partial charge in [0.15, 0.2) is 0 Å². The molecule has 3 rings (SSSR count). The highest BCUT2D eigenvalue weighted by Crippen LogP contribution is 2.16. The first-order chi connectivity index (χ1) is 12.7. The van der Waals surface area contributed by atoms with E-state index in [1.165, 1.54) is 0 Å². The van der Waals surface area contributed by atoms with Crippen molar-refractivity contribution < 1.29 is 9.59 Å². The molecule has 0 radical (unpaired) electrons. The van der Waals surface area contributed by atoms with Crippen molar-refractivity contribution in [2.45, 2.75) is 12.8 Å². The van der Waals surface area contributed by atoms with Crippen LogP contribution in [0.4, 0.5) is 5.69 Å². The monoisotopic (exact) mass is 345 g/mol. The maximum absolute atomic E-state index is 11.8. The number of carbonyl (C=O) groups is 2. The van der Waals surface area contributed by atoms with Crippen LogP contribution in [0.25, 0.3) is 10.8 Å².